The van der Waals surface area contributed by atoms with Crippen LogP contribution in [0, 0.1) is 0 Å². The number of nitrogens with zero attached hydrogens (tertiary/aromatic N) is 2. The Morgan fingerprint density at radius 1 is 1.00 bits per heavy atom. The van der Waals surface area contributed by atoms with Crippen molar-refractivity contribution in [3.05, 3.63) is 53.9 Å². The predicted molar refractivity (Wildman–Crippen MR) is 103 cm³/mol. The second-order valence-corrected chi connectivity index (χ2v) is 9.02. The van der Waals surface area contributed by atoms with E-state index in [4.69, 9.17) is 0 Å². The number of rotatable bonds is 4. The Morgan fingerprint density at radius 3 is 2.42 bits per heavy atom. The zero-order valence-electron chi connectivity index (χ0n) is 14.0. The highest BCUT2D eigenvalue weighted by molar-refractivity contribution is 7.89. The summed E-state index contributed by atoms with van der Waals surface area (Å²) in [4.78, 5) is 4.93. The SMILES string of the molecule is O=S(=O)(c1ccc(-c2csc(-c3cccc(O)c3)n2)cc1)N1CCCC1. The van der Waals surface area contributed by atoms with Crippen LogP contribution in [-0.2, 0) is 10.0 Å². The quantitative estimate of drug-likeness (QED) is 0.737. The average molecular weight is 386 g/mol. The molecule has 134 valence electrons. The van der Waals surface area contributed by atoms with Crippen molar-refractivity contribution in [2.45, 2.75) is 17.7 Å². The molecule has 1 N–H and O–H groups in total. The van der Waals surface area contributed by atoms with Crippen LogP contribution in [0.25, 0.3) is 21.8 Å². The molecule has 1 saturated heterocycles. The molecule has 1 fully saturated rings. The van der Waals surface area contributed by atoms with Gasteiger partial charge in [0.25, 0.3) is 0 Å². The standard InChI is InChI=1S/C19H18N2O3S2/c22-16-5-3-4-15(12-16)19-20-18(13-25-19)14-6-8-17(9-7-14)26(23,24)21-10-1-2-11-21/h3-9,12-13,22H,1-2,10-11H2. The van der Waals surface area contributed by atoms with Gasteiger partial charge in [-0.15, -0.1) is 11.3 Å². The number of phenols is 1. The first-order valence-corrected chi connectivity index (χ1v) is 10.7. The van der Waals surface area contributed by atoms with Crippen LogP contribution in [0.5, 0.6) is 5.75 Å². The zero-order valence-corrected chi connectivity index (χ0v) is 15.6. The molecule has 0 amide bonds. The van der Waals surface area contributed by atoms with Crippen LogP contribution >= 0.6 is 11.3 Å². The third-order valence-corrected chi connectivity index (χ3v) is 7.25. The Hall–Kier alpha value is -2.22. The van der Waals surface area contributed by atoms with Crippen molar-refractivity contribution < 1.29 is 13.5 Å². The Bertz CT molecular complexity index is 1020. The summed E-state index contributed by atoms with van der Waals surface area (Å²) < 4.78 is 26.7. The number of phenolic OH excluding ortho intramolecular Hbond substituents is 1. The smallest absolute Gasteiger partial charge is 0.243 e. The Kier molecular flexibility index (Phi) is 4.52. The molecule has 0 unspecified atom stereocenters. The number of hydrogen-bond donors (Lipinski definition) is 1. The zero-order chi connectivity index (χ0) is 18.1. The molecule has 1 aromatic heterocycles. The van der Waals surface area contributed by atoms with E-state index in [0.717, 1.165) is 34.7 Å². The summed E-state index contributed by atoms with van der Waals surface area (Å²) in [6, 6.07) is 13.9. The third-order valence-electron chi connectivity index (χ3n) is 4.45. The first kappa shape index (κ1) is 17.2. The van der Waals surface area contributed by atoms with Crippen LogP contribution in [0.15, 0.2) is 58.8 Å². The lowest BCUT2D eigenvalue weighted by molar-refractivity contribution is 0.475. The topological polar surface area (TPSA) is 70.5 Å². The van der Waals surface area contributed by atoms with Crippen LogP contribution in [0.2, 0.25) is 0 Å². The Balaban J connectivity index is 1.60. The van der Waals surface area contributed by atoms with Crippen molar-refractivity contribution in [3.8, 4) is 27.6 Å². The second-order valence-electron chi connectivity index (χ2n) is 6.22. The van der Waals surface area contributed by atoms with Gasteiger partial charge in [0.15, 0.2) is 0 Å². The second kappa shape index (κ2) is 6.83. The summed E-state index contributed by atoms with van der Waals surface area (Å²) in [7, 11) is -3.39. The van der Waals surface area contributed by atoms with Crippen molar-refractivity contribution in [1.29, 1.82) is 0 Å². The van der Waals surface area contributed by atoms with E-state index in [-0.39, 0.29) is 5.75 Å². The number of aromatic nitrogens is 1. The molecule has 0 bridgehead atoms. The summed E-state index contributed by atoms with van der Waals surface area (Å²) in [5, 5.41) is 12.4. The molecule has 0 saturated carbocycles. The van der Waals surface area contributed by atoms with E-state index < -0.39 is 10.0 Å². The highest BCUT2D eigenvalue weighted by Crippen LogP contribution is 2.31. The van der Waals surface area contributed by atoms with Crippen LogP contribution in [0.4, 0.5) is 0 Å². The van der Waals surface area contributed by atoms with E-state index in [9.17, 15) is 13.5 Å². The molecule has 0 radical (unpaired) electrons. The largest absolute Gasteiger partial charge is 0.508 e. The molecule has 2 aromatic carbocycles. The molecule has 0 spiro atoms. The third kappa shape index (κ3) is 3.25. The van der Waals surface area contributed by atoms with Gasteiger partial charge in [0, 0.05) is 29.6 Å². The van der Waals surface area contributed by atoms with Gasteiger partial charge in [0.2, 0.25) is 10.0 Å². The van der Waals surface area contributed by atoms with Gasteiger partial charge in [-0.2, -0.15) is 4.31 Å². The first-order valence-electron chi connectivity index (χ1n) is 8.39. The maximum absolute atomic E-state index is 12.6. The van der Waals surface area contributed by atoms with E-state index in [0.29, 0.717) is 18.0 Å². The fraction of sp³-hybridized carbons (Fsp3) is 0.211. The van der Waals surface area contributed by atoms with Crippen LogP contribution in [-0.4, -0.2) is 35.9 Å². The summed E-state index contributed by atoms with van der Waals surface area (Å²) in [5.74, 6) is 0.204. The summed E-state index contributed by atoms with van der Waals surface area (Å²) in [6.07, 6.45) is 1.85. The predicted octanol–water partition coefficient (Wildman–Crippen LogP) is 3.97. The van der Waals surface area contributed by atoms with Gasteiger partial charge in [0.05, 0.1) is 10.6 Å². The van der Waals surface area contributed by atoms with Gasteiger partial charge in [-0.25, -0.2) is 13.4 Å². The molecule has 0 atom stereocenters. The molecular weight excluding hydrogens is 368 g/mol. The van der Waals surface area contributed by atoms with E-state index in [1.54, 1.807) is 46.8 Å². The maximum atomic E-state index is 12.6. The molecule has 4 rings (SSSR count). The lowest BCUT2D eigenvalue weighted by Crippen LogP contribution is -2.27. The van der Waals surface area contributed by atoms with Crippen molar-refractivity contribution in [1.82, 2.24) is 9.29 Å². The molecule has 1 aliphatic rings. The highest BCUT2D eigenvalue weighted by Gasteiger charge is 2.27. The fourth-order valence-electron chi connectivity index (χ4n) is 3.05. The van der Waals surface area contributed by atoms with E-state index in [2.05, 4.69) is 4.98 Å². The van der Waals surface area contributed by atoms with E-state index in [1.165, 1.54) is 11.3 Å². The number of hydrogen-bond acceptors (Lipinski definition) is 5. The van der Waals surface area contributed by atoms with Gasteiger partial charge >= 0.3 is 0 Å². The summed E-state index contributed by atoms with van der Waals surface area (Å²) in [6.45, 7) is 1.20. The number of benzene rings is 2. The minimum absolute atomic E-state index is 0.204. The molecule has 7 heteroatoms. The summed E-state index contributed by atoms with van der Waals surface area (Å²) >= 11 is 1.49. The molecule has 2 heterocycles. The van der Waals surface area contributed by atoms with Crippen LogP contribution < -0.4 is 0 Å². The minimum atomic E-state index is -3.39. The molecule has 3 aromatic rings. The van der Waals surface area contributed by atoms with Crippen molar-refractivity contribution in [2.75, 3.05) is 13.1 Å². The average Bonchev–Trinajstić information content (AvgIpc) is 3.34. The van der Waals surface area contributed by atoms with Gasteiger partial charge in [-0.05, 0) is 37.1 Å². The van der Waals surface area contributed by atoms with E-state index in [1.807, 2.05) is 11.4 Å². The normalized spacial score (nSPS) is 15.4. The fourth-order valence-corrected chi connectivity index (χ4v) is 5.40. The van der Waals surface area contributed by atoms with Gasteiger partial charge < -0.3 is 5.11 Å². The Labute approximate surface area is 156 Å². The van der Waals surface area contributed by atoms with Gasteiger partial charge in [-0.1, -0.05) is 24.3 Å². The lowest BCUT2D eigenvalue weighted by atomic mass is 10.2. The van der Waals surface area contributed by atoms with Crippen LogP contribution in [0.1, 0.15) is 12.8 Å². The highest BCUT2D eigenvalue weighted by atomic mass is 32.2. The number of aromatic hydroxyl groups is 1. The lowest BCUT2D eigenvalue weighted by Gasteiger charge is -2.15. The first-order chi connectivity index (χ1) is 12.5. The van der Waals surface area contributed by atoms with Crippen molar-refractivity contribution in [3.63, 3.8) is 0 Å². The molecule has 1 aliphatic heterocycles. The van der Waals surface area contributed by atoms with E-state index >= 15 is 0 Å². The Morgan fingerprint density at radius 2 is 1.73 bits per heavy atom. The molecule has 5 nitrogen and oxygen atoms in total. The maximum Gasteiger partial charge on any atom is 0.243 e. The number of sulfonamides is 1. The molecule has 26 heavy (non-hydrogen) atoms. The van der Waals surface area contributed by atoms with Crippen molar-refractivity contribution in [2.24, 2.45) is 0 Å². The van der Waals surface area contributed by atoms with Crippen molar-refractivity contribution >= 4 is 21.4 Å². The molecular formula is C19H18N2O3S2. The minimum Gasteiger partial charge on any atom is -0.508 e. The van der Waals surface area contributed by atoms with Gasteiger partial charge in [0.1, 0.15) is 10.8 Å². The summed E-state index contributed by atoms with van der Waals surface area (Å²) in [5.41, 5.74) is 2.51. The monoisotopic (exact) mass is 386 g/mol. The number of thiazole rings is 1. The van der Waals surface area contributed by atoms with Crippen LogP contribution in [0.3, 0.4) is 0 Å². The molecule has 0 aliphatic carbocycles. The van der Waals surface area contributed by atoms with Gasteiger partial charge in [-0.3, -0.25) is 0 Å².